The lowest BCUT2D eigenvalue weighted by molar-refractivity contribution is -0.166. The SMILES string of the molecule is [CH2]CC(NC)(C(=O)NCC)C(=O)OC(C)(C)C. The zero-order valence-corrected chi connectivity index (χ0v) is 11.3. The summed E-state index contributed by atoms with van der Waals surface area (Å²) in [7, 11) is 1.55. The van der Waals surface area contributed by atoms with Crippen LogP contribution in [0.15, 0.2) is 0 Å². The molecule has 0 aromatic rings. The highest BCUT2D eigenvalue weighted by molar-refractivity contribution is 6.07. The van der Waals surface area contributed by atoms with Gasteiger partial charge >= 0.3 is 5.97 Å². The molecule has 0 heterocycles. The molecule has 0 aliphatic rings. The summed E-state index contributed by atoms with van der Waals surface area (Å²) in [5, 5.41) is 5.34. The van der Waals surface area contributed by atoms with Crippen LogP contribution < -0.4 is 10.6 Å². The third-order valence-electron chi connectivity index (χ3n) is 2.27. The number of likely N-dealkylation sites (N-methyl/N-ethyl adjacent to an activating group) is 2. The summed E-state index contributed by atoms with van der Waals surface area (Å²) in [6.45, 7) is 11.2. The Morgan fingerprint density at radius 3 is 2.12 bits per heavy atom. The third-order valence-corrected chi connectivity index (χ3v) is 2.27. The third kappa shape index (κ3) is 4.00. The number of carbonyl (C=O) groups is 2. The fraction of sp³-hybridized carbons (Fsp3) is 0.750. The number of hydrogen-bond donors (Lipinski definition) is 2. The highest BCUT2D eigenvalue weighted by Gasteiger charge is 2.45. The summed E-state index contributed by atoms with van der Waals surface area (Å²) in [6, 6.07) is 0. The predicted molar refractivity (Wildman–Crippen MR) is 66.3 cm³/mol. The standard InChI is InChI=1S/C12H23N2O3/c1-7-12(13-6,9(15)14-8-2)10(16)17-11(3,4)5/h13H,1,7-8H2,2-6H3,(H,14,15). The molecule has 0 spiro atoms. The van der Waals surface area contributed by atoms with Crippen LogP contribution in [0.1, 0.15) is 34.1 Å². The monoisotopic (exact) mass is 243 g/mol. The Morgan fingerprint density at radius 2 is 1.82 bits per heavy atom. The van der Waals surface area contributed by atoms with Crippen LogP contribution in [0.25, 0.3) is 0 Å². The van der Waals surface area contributed by atoms with Crippen LogP contribution in [0.2, 0.25) is 0 Å². The van der Waals surface area contributed by atoms with Crippen molar-refractivity contribution in [1.82, 2.24) is 10.6 Å². The van der Waals surface area contributed by atoms with E-state index in [1.165, 1.54) is 0 Å². The molecule has 0 saturated heterocycles. The number of esters is 1. The van der Waals surface area contributed by atoms with Crippen LogP contribution in [0, 0.1) is 6.92 Å². The van der Waals surface area contributed by atoms with Crippen molar-refractivity contribution in [3.63, 3.8) is 0 Å². The number of ether oxygens (including phenoxy) is 1. The Kier molecular flexibility index (Phi) is 5.61. The van der Waals surface area contributed by atoms with Crippen LogP contribution >= 0.6 is 0 Å². The van der Waals surface area contributed by atoms with Gasteiger partial charge in [-0.1, -0.05) is 6.92 Å². The second-order valence-electron chi connectivity index (χ2n) is 4.77. The van der Waals surface area contributed by atoms with Gasteiger partial charge < -0.3 is 10.1 Å². The molecule has 5 heteroatoms. The number of amides is 1. The smallest absolute Gasteiger partial charge is 0.336 e. The van der Waals surface area contributed by atoms with Crippen molar-refractivity contribution in [2.24, 2.45) is 0 Å². The van der Waals surface area contributed by atoms with Crippen LogP contribution in [0.4, 0.5) is 0 Å². The van der Waals surface area contributed by atoms with Crippen LogP contribution in [-0.2, 0) is 14.3 Å². The van der Waals surface area contributed by atoms with E-state index in [4.69, 9.17) is 4.74 Å². The molecule has 99 valence electrons. The van der Waals surface area contributed by atoms with Crippen molar-refractivity contribution in [1.29, 1.82) is 0 Å². The summed E-state index contributed by atoms with van der Waals surface area (Å²) in [5.41, 5.74) is -2.05. The molecule has 5 nitrogen and oxygen atoms in total. The fourth-order valence-electron chi connectivity index (χ4n) is 1.33. The Hall–Kier alpha value is -1.10. The van der Waals surface area contributed by atoms with Crippen molar-refractivity contribution in [2.45, 2.75) is 45.3 Å². The molecule has 1 amide bonds. The van der Waals surface area contributed by atoms with Gasteiger partial charge in [0.1, 0.15) is 5.60 Å². The predicted octanol–water partition coefficient (Wildman–Crippen LogP) is 0.647. The minimum atomic E-state index is -1.41. The Labute approximate surface area is 103 Å². The van der Waals surface area contributed by atoms with Gasteiger partial charge in [0.05, 0.1) is 0 Å². The van der Waals surface area contributed by atoms with Crippen molar-refractivity contribution < 1.29 is 14.3 Å². The summed E-state index contributed by atoms with van der Waals surface area (Å²) < 4.78 is 5.25. The van der Waals surface area contributed by atoms with E-state index < -0.39 is 23.0 Å². The Balaban J connectivity index is 5.06. The lowest BCUT2D eigenvalue weighted by Gasteiger charge is -2.32. The van der Waals surface area contributed by atoms with Gasteiger partial charge in [0, 0.05) is 6.54 Å². The van der Waals surface area contributed by atoms with Crippen molar-refractivity contribution in [2.75, 3.05) is 13.6 Å². The number of rotatable bonds is 5. The normalized spacial score (nSPS) is 14.9. The summed E-state index contributed by atoms with van der Waals surface area (Å²) in [4.78, 5) is 24.0. The van der Waals surface area contributed by atoms with Gasteiger partial charge in [-0.2, -0.15) is 0 Å². The van der Waals surface area contributed by atoms with Crippen LogP contribution in [0.3, 0.4) is 0 Å². The molecule has 17 heavy (non-hydrogen) atoms. The number of nitrogens with one attached hydrogen (secondary N) is 2. The minimum Gasteiger partial charge on any atom is -0.458 e. The molecule has 0 aliphatic heterocycles. The maximum Gasteiger partial charge on any atom is 0.336 e. The molecule has 1 atom stereocenters. The molecule has 2 N–H and O–H groups in total. The molecule has 1 unspecified atom stereocenters. The van der Waals surface area contributed by atoms with Crippen LogP contribution in [-0.4, -0.2) is 36.6 Å². The zero-order valence-electron chi connectivity index (χ0n) is 11.3. The molecule has 0 aliphatic carbocycles. The van der Waals surface area contributed by atoms with E-state index in [2.05, 4.69) is 17.6 Å². The van der Waals surface area contributed by atoms with Crippen molar-refractivity contribution in [3.05, 3.63) is 6.92 Å². The largest absolute Gasteiger partial charge is 0.458 e. The molecule has 0 aromatic carbocycles. The summed E-state index contributed by atoms with van der Waals surface area (Å²) in [5.74, 6) is -1.01. The second kappa shape index (κ2) is 6.00. The molecule has 1 radical (unpaired) electrons. The Bertz CT molecular complexity index is 278. The second-order valence-corrected chi connectivity index (χ2v) is 4.77. The fourth-order valence-corrected chi connectivity index (χ4v) is 1.33. The van der Waals surface area contributed by atoms with Gasteiger partial charge in [-0.15, -0.1) is 0 Å². The van der Waals surface area contributed by atoms with E-state index in [0.717, 1.165) is 0 Å². The zero-order chi connectivity index (χ0) is 13.7. The van der Waals surface area contributed by atoms with E-state index in [9.17, 15) is 9.59 Å². The highest BCUT2D eigenvalue weighted by atomic mass is 16.6. The quantitative estimate of drug-likeness (QED) is 0.549. The maximum absolute atomic E-state index is 12.1. The molecular formula is C12H23N2O3. The van der Waals surface area contributed by atoms with Crippen molar-refractivity contribution in [3.8, 4) is 0 Å². The molecule has 0 fully saturated rings. The topological polar surface area (TPSA) is 67.4 Å². The first-order chi connectivity index (χ1) is 7.73. The lowest BCUT2D eigenvalue weighted by Crippen LogP contribution is -2.62. The maximum atomic E-state index is 12.1. The van der Waals surface area contributed by atoms with E-state index in [1.54, 1.807) is 34.7 Å². The first-order valence-corrected chi connectivity index (χ1v) is 5.73. The van der Waals surface area contributed by atoms with E-state index in [0.29, 0.717) is 6.54 Å². The van der Waals surface area contributed by atoms with Crippen molar-refractivity contribution >= 4 is 11.9 Å². The average Bonchev–Trinajstić information content (AvgIpc) is 2.18. The number of carbonyl (C=O) groups excluding carboxylic acids is 2. The Morgan fingerprint density at radius 1 is 1.29 bits per heavy atom. The minimum absolute atomic E-state index is 0.0875. The van der Waals surface area contributed by atoms with Gasteiger partial charge in [-0.05, 0) is 41.2 Å². The number of hydrogen-bond acceptors (Lipinski definition) is 4. The summed E-state index contributed by atoms with van der Waals surface area (Å²) in [6.07, 6.45) is 0.0875. The van der Waals surface area contributed by atoms with Gasteiger partial charge in [0.25, 0.3) is 5.91 Å². The first kappa shape index (κ1) is 15.9. The lowest BCUT2D eigenvalue weighted by atomic mass is 9.94. The average molecular weight is 243 g/mol. The van der Waals surface area contributed by atoms with E-state index >= 15 is 0 Å². The molecular weight excluding hydrogens is 220 g/mol. The van der Waals surface area contributed by atoms with Gasteiger partial charge in [-0.25, -0.2) is 4.79 Å². The molecule has 0 rings (SSSR count). The molecule has 0 saturated carbocycles. The van der Waals surface area contributed by atoms with Gasteiger partial charge in [0.2, 0.25) is 0 Å². The van der Waals surface area contributed by atoms with Crippen LogP contribution in [0.5, 0.6) is 0 Å². The molecule has 0 aromatic heterocycles. The van der Waals surface area contributed by atoms with Gasteiger partial charge in [0.15, 0.2) is 5.54 Å². The van der Waals surface area contributed by atoms with Gasteiger partial charge in [-0.3, -0.25) is 10.1 Å². The first-order valence-electron chi connectivity index (χ1n) is 5.73. The van der Waals surface area contributed by atoms with E-state index in [1.807, 2.05) is 0 Å². The summed E-state index contributed by atoms with van der Waals surface area (Å²) >= 11 is 0. The highest BCUT2D eigenvalue weighted by Crippen LogP contribution is 2.17. The van der Waals surface area contributed by atoms with E-state index in [-0.39, 0.29) is 6.42 Å². The molecule has 0 bridgehead atoms.